The lowest BCUT2D eigenvalue weighted by atomic mass is 10.1. The summed E-state index contributed by atoms with van der Waals surface area (Å²) in [5.74, 6) is 0.0148. The summed E-state index contributed by atoms with van der Waals surface area (Å²) in [4.78, 5) is 23.1. The fourth-order valence-corrected chi connectivity index (χ4v) is 1.80. The zero-order chi connectivity index (χ0) is 17.5. The number of esters is 2. The quantitative estimate of drug-likeness (QED) is 0.455. The SMILES string of the molecule is COCCC(C)COC(=O)CCCC(=O)OCC(C)CCOC. The van der Waals surface area contributed by atoms with Crippen molar-refractivity contribution < 1.29 is 28.5 Å². The summed E-state index contributed by atoms with van der Waals surface area (Å²) in [6.07, 6.45) is 2.65. The van der Waals surface area contributed by atoms with Crippen molar-refractivity contribution in [3.8, 4) is 0 Å². The van der Waals surface area contributed by atoms with Gasteiger partial charge in [-0.05, 0) is 31.1 Å². The molecule has 0 bridgehead atoms. The van der Waals surface area contributed by atoms with Crippen LogP contribution in [0.25, 0.3) is 0 Å². The highest BCUT2D eigenvalue weighted by Gasteiger charge is 2.11. The van der Waals surface area contributed by atoms with E-state index in [4.69, 9.17) is 18.9 Å². The van der Waals surface area contributed by atoms with Gasteiger partial charge in [-0.15, -0.1) is 0 Å². The molecule has 0 aliphatic carbocycles. The normalized spacial score (nSPS) is 13.4. The second-order valence-electron chi connectivity index (χ2n) is 5.99. The summed E-state index contributed by atoms with van der Waals surface area (Å²) in [6, 6.07) is 0. The third-order valence-corrected chi connectivity index (χ3v) is 3.45. The van der Waals surface area contributed by atoms with Gasteiger partial charge >= 0.3 is 11.9 Å². The Labute approximate surface area is 139 Å². The Bertz CT molecular complexity index is 288. The van der Waals surface area contributed by atoms with Gasteiger partial charge in [-0.3, -0.25) is 9.59 Å². The molecule has 6 nitrogen and oxygen atoms in total. The molecule has 0 N–H and O–H groups in total. The first-order valence-corrected chi connectivity index (χ1v) is 8.28. The lowest BCUT2D eigenvalue weighted by molar-refractivity contribution is -0.146. The Morgan fingerprint density at radius 3 is 1.52 bits per heavy atom. The molecular weight excluding hydrogens is 300 g/mol. The highest BCUT2D eigenvalue weighted by atomic mass is 16.5. The van der Waals surface area contributed by atoms with E-state index in [-0.39, 0.29) is 36.6 Å². The third kappa shape index (κ3) is 14.2. The highest BCUT2D eigenvalue weighted by Crippen LogP contribution is 2.07. The summed E-state index contributed by atoms with van der Waals surface area (Å²) in [7, 11) is 3.30. The van der Waals surface area contributed by atoms with Gasteiger partial charge in [-0.1, -0.05) is 13.8 Å². The maximum Gasteiger partial charge on any atom is 0.305 e. The first kappa shape index (κ1) is 21.9. The van der Waals surface area contributed by atoms with Gasteiger partial charge in [0.1, 0.15) is 0 Å². The number of hydrogen-bond donors (Lipinski definition) is 0. The molecule has 0 aliphatic rings. The first-order chi connectivity index (χ1) is 11.0. The smallest absolute Gasteiger partial charge is 0.305 e. The largest absolute Gasteiger partial charge is 0.465 e. The topological polar surface area (TPSA) is 71.1 Å². The van der Waals surface area contributed by atoms with Crippen molar-refractivity contribution in [2.24, 2.45) is 11.8 Å². The van der Waals surface area contributed by atoms with Gasteiger partial charge in [0.2, 0.25) is 0 Å². The van der Waals surface area contributed by atoms with Crippen LogP contribution < -0.4 is 0 Å². The molecule has 0 amide bonds. The minimum Gasteiger partial charge on any atom is -0.465 e. The van der Waals surface area contributed by atoms with Crippen molar-refractivity contribution in [3.05, 3.63) is 0 Å². The fourth-order valence-electron chi connectivity index (χ4n) is 1.80. The Kier molecular flexibility index (Phi) is 13.7. The monoisotopic (exact) mass is 332 g/mol. The average Bonchev–Trinajstić information content (AvgIpc) is 2.54. The van der Waals surface area contributed by atoms with E-state index in [0.717, 1.165) is 12.8 Å². The third-order valence-electron chi connectivity index (χ3n) is 3.45. The van der Waals surface area contributed by atoms with Gasteiger partial charge in [0.05, 0.1) is 13.2 Å². The van der Waals surface area contributed by atoms with Crippen molar-refractivity contribution in [2.75, 3.05) is 40.6 Å². The molecule has 0 fully saturated rings. The van der Waals surface area contributed by atoms with Crippen molar-refractivity contribution in [1.82, 2.24) is 0 Å². The Hall–Kier alpha value is -1.14. The average molecular weight is 332 g/mol. The van der Waals surface area contributed by atoms with Crippen molar-refractivity contribution in [1.29, 1.82) is 0 Å². The van der Waals surface area contributed by atoms with Crippen LogP contribution in [0, 0.1) is 11.8 Å². The summed E-state index contributed by atoms with van der Waals surface area (Å²) in [5.41, 5.74) is 0. The molecule has 0 aromatic rings. The van der Waals surface area contributed by atoms with Crippen molar-refractivity contribution >= 4 is 11.9 Å². The molecule has 0 spiro atoms. The second kappa shape index (κ2) is 14.5. The van der Waals surface area contributed by atoms with Crippen LogP contribution in [-0.4, -0.2) is 52.6 Å². The van der Waals surface area contributed by atoms with E-state index in [1.165, 1.54) is 0 Å². The minimum atomic E-state index is -0.268. The molecule has 23 heavy (non-hydrogen) atoms. The number of rotatable bonds is 14. The summed E-state index contributed by atoms with van der Waals surface area (Å²) >= 11 is 0. The Balaban J connectivity index is 3.61. The second-order valence-corrected chi connectivity index (χ2v) is 5.99. The van der Waals surface area contributed by atoms with Gasteiger partial charge in [0, 0.05) is 40.3 Å². The number of hydrogen-bond acceptors (Lipinski definition) is 6. The van der Waals surface area contributed by atoms with Gasteiger partial charge in [0.15, 0.2) is 0 Å². The summed E-state index contributed by atoms with van der Waals surface area (Å²) in [6.45, 7) is 6.12. The highest BCUT2D eigenvalue weighted by molar-refractivity contribution is 5.72. The van der Waals surface area contributed by atoms with Gasteiger partial charge in [-0.25, -0.2) is 0 Å². The molecule has 136 valence electrons. The minimum absolute atomic E-state index is 0.241. The fraction of sp³-hybridized carbons (Fsp3) is 0.882. The van der Waals surface area contributed by atoms with Gasteiger partial charge < -0.3 is 18.9 Å². The van der Waals surface area contributed by atoms with E-state index < -0.39 is 0 Å². The van der Waals surface area contributed by atoms with Crippen molar-refractivity contribution in [3.63, 3.8) is 0 Å². The first-order valence-electron chi connectivity index (χ1n) is 8.28. The van der Waals surface area contributed by atoms with E-state index in [0.29, 0.717) is 32.8 Å². The number of carbonyl (C=O) groups excluding carboxylic acids is 2. The maximum absolute atomic E-state index is 11.6. The molecule has 0 heterocycles. The molecule has 6 heteroatoms. The van der Waals surface area contributed by atoms with Crippen LogP contribution in [0.4, 0.5) is 0 Å². The lowest BCUT2D eigenvalue weighted by Gasteiger charge is -2.12. The molecule has 2 atom stereocenters. The van der Waals surface area contributed by atoms with Crippen molar-refractivity contribution in [2.45, 2.75) is 46.0 Å². The van der Waals surface area contributed by atoms with Crippen LogP contribution >= 0.6 is 0 Å². The van der Waals surface area contributed by atoms with Crippen LogP contribution in [0.2, 0.25) is 0 Å². The zero-order valence-corrected chi connectivity index (χ0v) is 15.0. The van der Waals surface area contributed by atoms with Gasteiger partial charge in [-0.2, -0.15) is 0 Å². The van der Waals surface area contributed by atoms with Crippen LogP contribution in [0.1, 0.15) is 46.0 Å². The summed E-state index contributed by atoms with van der Waals surface area (Å²) in [5, 5.41) is 0. The van der Waals surface area contributed by atoms with Crippen LogP contribution in [0.3, 0.4) is 0 Å². The molecule has 0 aromatic carbocycles. The van der Waals surface area contributed by atoms with E-state index in [1.54, 1.807) is 14.2 Å². The van der Waals surface area contributed by atoms with E-state index in [9.17, 15) is 9.59 Å². The lowest BCUT2D eigenvalue weighted by Crippen LogP contribution is -2.15. The molecule has 0 aromatic heterocycles. The molecular formula is C17H32O6. The maximum atomic E-state index is 11.6. The van der Waals surface area contributed by atoms with E-state index >= 15 is 0 Å². The van der Waals surface area contributed by atoms with E-state index in [2.05, 4.69) is 0 Å². The molecule has 0 radical (unpaired) electrons. The van der Waals surface area contributed by atoms with Crippen LogP contribution in [-0.2, 0) is 28.5 Å². The molecule has 0 saturated carbocycles. The Morgan fingerprint density at radius 1 is 0.783 bits per heavy atom. The molecule has 0 rings (SSSR count). The molecule has 2 unspecified atom stereocenters. The standard InChI is InChI=1S/C17H32O6/c1-14(8-10-20-3)12-22-16(18)6-5-7-17(19)23-13-15(2)9-11-21-4/h14-15H,5-13H2,1-4H3. The van der Waals surface area contributed by atoms with Gasteiger partial charge in [0.25, 0.3) is 0 Å². The number of ether oxygens (including phenoxy) is 4. The Morgan fingerprint density at radius 2 is 1.17 bits per heavy atom. The predicted octanol–water partition coefficient (Wildman–Crippen LogP) is 2.59. The van der Waals surface area contributed by atoms with Crippen LogP contribution in [0.5, 0.6) is 0 Å². The van der Waals surface area contributed by atoms with E-state index in [1.807, 2.05) is 13.8 Å². The molecule has 0 saturated heterocycles. The summed E-state index contributed by atoms with van der Waals surface area (Å²) < 4.78 is 20.3. The molecule has 0 aliphatic heterocycles. The number of methoxy groups -OCH3 is 2. The van der Waals surface area contributed by atoms with Crippen LogP contribution in [0.15, 0.2) is 0 Å². The number of carbonyl (C=O) groups is 2. The predicted molar refractivity (Wildman–Crippen MR) is 87.1 cm³/mol. The zero-order valence-electron chi connectivity index (χ0n) is 15.0.